The third kappa shape index (κ3) is 5.82. The van der Waals surface area contributed by atoms with Crippen LogP contribution in [0.5, 0.6) is 5.75 Å². The highest BCUT2D eigenvalue weighted by Gasteiger charge is 2.11. The number of para-hydroxylation sites is 1. The highest BCUT2D eigenvalue weighted by atomic mass is 16.5. The van der Waals surface area contributed by atoms with E-state index in [2.05, 4.69) is 21.0 Å². The maximum absolute atomic E-state index is 12.3. The first-order chi connectivity index (χ1) is 16.1. The Balaban J connectivity index is 1.28. The van der Waals surface area contributed by atoms with Gasteiger partial charge in [0.1, 0.15) is 5.75 Å². The molecule has 1 heterocycles. The lowest BCUT2D eigenvalue weighted by atomic mass is 10.0. The summed E-state index contributed by atoms with van der Waals surface area (Å²) in [5, 5.41) is 3.74. The molecule has 0 saturated carbocycles. The lowest BCUT2D eigenvalue weighted by Crippen LogP contribution is -2.43. The van der Waals surface area contributed by atoms with Crippen LogP contribution in [0, 0.1) is 6.92 Å². The van der Waals surface area contributed by atoms with Gasteiger partial charge >= 0.3 is 0 Å². The number of amides is 2. The van der Waals surface area contributed by atoms with E-state index in [0.717, 1.165) is 11.1 Å². The number of ether oxygens (including phenoxy) is 1. The van der Waals surface area contributed by atoms with Crippen LogP contribution in [0.2, 0.25) is 0 Å². The second-order valence-corrected chi connectivity index (χ2v) is 7.29. The molecule has 4 rings (SSSR count). The minimum absolute atomic E-state index is 0.235. The van der Waals surface area contributed by atoms with Crippen LogP contribution in [0.1, 0.15) is 27.3 Å². The summed E-state index contributed by atoms with van der Waals surface area (Å²) < 4.78 is 10.8. The molecule has 3 aromatic carbocycles. The van der Waals surface area contributed by atoms with Gasteiger partial charge in [-0.2, -0.15) is 4.98 Å². The van der Waals surface area contributed by atoms with Gasteiger partial charge in [0.05, 0.1) is 0 Å². The predicted octanol–water partition coefficient (Wildman–Crippen LogP) is 3.48. The van der Waals surface area contributed by atoms with Gasteiger partial charge in [-0.15, -0.1) is 0 Å². The highest BCUT2D eigenvalue weighted by Crippen LogP contribution is 2.21. The summed E-state index contributed by atoms with van der Waals surface area (Å²) in [6, 6.07) is 24.1. The van der Waals surface area contributed by atoms with Crippen molar-refractivity contribution in [2.75, 3.05) is 6.61 Å². The van der Waals surface area contributed by atoms with E-state index in [1.165, 1.54) is 0 Å². The Kier molecular flexibility index (Phi) is 6.75. The minimum atomic E-state index is -0.476. The molecule has 33 heavy (non-hydrogen) atoms. The van der Waals surface area contributed by atoms with Crippen molar-refractivity contribution in [1.29, 1.82) is 0 Å². The average Bonchev–Trinajstić information content (AvgIpc) is 3.29. The number of aromatic nitrogens is 2. The number of carbonyl (C=O) groups is 2. The van der Waals surface area contributed by atoms with E-state index < -0.39 is 11.8 Å². The molecule has 0 unspecified atom stereocenters. The summed E-state index contributed by atoms with van der Waals surface area (Å²) in [6.07, 6.45) is 0.689. The normalized spacial score (nSPS) is 10.5. The third-order valence-electron chi connectivity index (χ3n) is 4.81. The van der Waals surface area contributed by atoms with Crippen LogP contribution in [-0.2, 0) is 11.2 Å². The number of nitrogens with one attached hydrogen (secondary N) is 2. The standard InChI is InChI=1S/C25H22N4O4/c1-17-26-25(33-29-17)20-13-11-19(12-14-20)24(31)28-27-23(30)16-32-22-10-6-5-9-21(22)15-18-7-3-2-4-8-18/h2-14H,15-16H2,1H3,(H,27,30)(H,28,31). The molecule has 4 aromatic rings. The van der Waals surface area contributed by atoms with Gasteiger partial charge in [-0.1, -0.05) is 53.7 Å². The highest BCUT2D eigenvalue weighted by molar-refractivity contribution is 5.95. The topological polar surface area (TPSA) is 106 Å². The molecule has 0 fully saturated rings. The van der Waals surface area contributed by atoms with Gasteiger partial charge in [0.15, 0.2) is 12.4 Å². The largest absolute Gasteiger partial charge is 0.483 e. The van der Waals surface area contributed by atoms with Gasteiger partial charge in [0, 0.05) is 17.5 Å². The van der Waals surface area contributed by atoms with E-state index in [1.54, 1.807) is 31.2 Å². The zero-order valence-electron chi connectivity index (χ0n) is 17.9. The molecule has 0 saturated heterocycles. The van der Waals surface area contributed by atoms with Crippen molar-refractivity contribution < 1.29 is 18.8 Å². The van der Waals surface area contributed by atoms with Gasteiger partial charge in [0.2, 0.25) is 0 Å². The zero-order valence-corrected chi connectivity index (χ0v) is 17.9. The van der Waals surface area contributed by atoms with E-state index in [1.807, 2.05) is 54.6 Å². The van der Waals surface area contributed by atoms with Crippen LogP contribution in [-0.4, -0.2) is 28.6 Å². The van der Waals surface area contributed by atoms with Crippen LogP contribution in [0.4, 0.5) is 0 Å². The number of benzene rings is 3. The molecule has 0 radical (unpaired) electrons. The first kappa shape index (κ1) is 21.8. The predicted molar refractivity (Wildman–Crippen MR) is 121 cm³/mol. The molecule has 0 aliphatic carbocycles. The second-order valence-electron chi connectivity index (χ2n) is 7.29. The summed E-state index contributed by atoms with van der Waals surface area (Å²) in [5.41, 5.74) is 7.92. The summed E-state index contributed by atoms with van der Waals surface area (Å²) in [6.45, 7) is 1.49. The fraction of sp³-hybridized carbons (Fsp3) is 0.120. The maximum atomic E-state index is 12.3. The summed E-state index contributed by atoms with van der Waals surface area (Å²) >= 11 is 0. The lowest BCUT2D eigenvalue weighted by molar-refractivity contribution is -0.123. The van der Waals surface area contributed by atoms with Gasteiger partial charge in [-0.25, -0.2) is 0 Å². The van der Waals surface area contributed by atoms with Gasteiger partial charge in [-0.3, -0.25) is 20.4 Å². The average molecular weight is 442 g/mol. The number of hydrazine groups is 1. The fourth-order valence-electron chi connectivity index (χ4n) is 3.16. The quantitative estimate of drug-likeness (QED) is 0.425. The van der Waals surface area contributed by atoms with Crippen LogP contribution >= 0.6 is 0 Å². The molecular formula is C25H22N4O4. The Labute approximate surface area is 190 Å². The first-order valence-corrected chi connectivity index (χ1v) is 10.3. The molecule has 8 nitrogen and oxygen atoms in total. The monoisotopic (exact) mass is 442 g/mol. The van der Waals surface area contributed by atoms with Gasteiger partial charge in [0.25, 0.3) is 17.7 Å². The summed E-state index contributed by atoms with van der Waals surface area (Å²) in [4.78, 5) is 28.6. The minimum Gasteiger partial charge on any atom is -0.483 e. The number of nitrogens with zero attached hydrogens (tertiary/aromatic N) is 2. The fourth-order valence-corrected chi connectivity index (χ4v) is 3.16. The van der Waals surface area contributed by atoms with Crippen molar-refractivity contribution in [2.24, 2.45) is 0 Å². The molecule has 2 N–H and O–H groups in total. The second kappa shape index (κ2) is 10.2. The van der Waals surface area contributed by atoms with Crippen LogP contribution in [0.3, 0.4) is 0 Å². The van der Waals surface area contributed by atoms with E-state index in [9.17, 15) is 9.59 Å². The number of rotatable bonds is 7. The molecule has 0 aliphatic rings. The van der Waals surface area contributed by atoms with Crippen molar-refractivity contribution in [3.8, 4) is 17.2 Å². The molecule has 0 aliphatic heterocycles. The molecular weight excluding hydrogens is 420 g/mol. The summed E-state index contributed by atoms with van der Waals surface area (Å²) in [7, 11) is 0. The molecule has 1 aromatic heterocycles. The van der Waals surface area contributed by atoms with Crippen molar-refractivity contribution in [1.82, 2.24) is 21.0 Å². The van der Waals surface area contributed by atoms with Crippen molar-refractivity contribution >= 4 is 11.8 Å². The van der Waals surface area contributed by atoms with E-state index in [0.29, 0.717) is 35.0 Å². The zero-order chi connectivity index (χ0) is 23.0. The van der Waals surface area contributed by atoms with Crippen molar-refractivity contribution in [2.45, 2.75) is 13.3 Å². The third-order valence-corrected chi connectivity index (χ3v) is 4.81. The smallest absolute Gasteiger partial charge is 0.276 e. The van der Waals surface area contributed by atoms with E-state index >= 15 is 0 Å². The Bertz CT molecular complexity index is 1240. The Morgan fingerprint density at radius 2 is 1.64 bits per heavy atom. The number of carbonyl (C=O) groups excluding carboxylic acids is 2. The van der Waals surface area contributed by atoms with Crippen LogP contribution in [0.25, 0.3) is 11.5 Å². The Morgan fingerprint density at radius 3 is 2.36 bits per heavy atom. The first-order valence-electron chi connectivity index (χ1n) is 10.3. The Hall–Kier alpha value is -4.46. The van der Waals surface area contributed by atoms with Crippen LogP contribution < -0.4 is 15.6 Å². The number of hydrogen-bond donors (Lipinski definition) is 2. The van der Waals surface area contributed by atoms with Crippen LogP contribution in [0.15, 0.2) is 83.4 Å². The number of aryl methyl sites for hydroxylation is 1. The van der Waals surface area contributed by atoms with Gasteiger partial charge < -0.3 is 9.26 Å². The SMILES string of the molecule is Cc1noc(-c2ccc(C(=O)NNC(=O)COc3ccccc3Cc3ccccc3)cc2)n1. The number of hydrogen-bond acceptors (Lipinski definition) is 6. The molecule has 166 valence electrons. The molecule has 8 heteroatoms. The lowest BCUT2D eigenvalue weighted by Gasteiger charge is -2.12. The molecule has 0 spiro atoms. The van der Waals surface area contributed by atoms with Crippen molar-refractivity contribution in [3.05, 3.63) is 101 Å². The van der Waals surface area contributed by atoms with E-state index in [-0.39, 0.29) is 6.61 Å². The molecule has 0 atom stereocenters. The van der Waals surface area contributed by atoms with Gasteiger partial charge in [-0.05, 0) is 48.4 Å². The Morgan fingerprint density at radius 1 is 0.909 bits per heavy atom. The molecule has 0 bridgehead atoms. The molecule has 2 amide bonds. The summed E-state index contributed by atoms with van der Waals surface area (Å²) in [5.74, 6) is 0.587. The van der Waals surface area contributed by atoms with Crippen molar-refractivity contribution in [3.63, 3.8) is 0 Å². The maximum Gasteiger partial charge on any atom is 0.276 e. The van der Waals surface area contributed by atoms with E-state index in [4.69, 9.17) is 9.26 Å².